The van der Waals surface area contributed by atoms with Crippen molar-refractivity contribution in [3.05, 3.63) is 188 Å². The second-order valence-corrected chi connectivity index (χ2v) is 13.2. The molecule has 4 nitrogen and oxygen atoms in total. The van der Waals surface area contributed by atoms with Crippen LogP contribution in [-0.4, -0.2) is 15.0 Å². The molecule has 0 unspecified atom stereocenters. The molecular formula is C49H31N3O. The number of fused-ring (bicyclic) bond motifs is 4. The number of rotatable bonds is 6. The van der Waals surface area contributed by atoms with Crippen molar-refractivity contribution in [1.82, 2.24) is 15.0 Å². The Balaban J connectivity index is 1.16. The summed E-state index contributed by atoms with van der Waals surface area (Å²) in [5.74, 6) is 1.76. The number of hydrogen-bond acceptors (Lipinski definition) is 4. The Morgan fingerprint density at radius 1 is 0.321 bits per heavy atom. The minimum atomic E-state index is 0.563. The fourth-order valence-electron chi connectivity index (χ4n) is 7.46. The summed E-state index contributed by atoms with van der Waals surface area (Å²) in [6.07, 6.45) is 0. The number of nitrogens with zero attached hydrogens (tertiary/aromatic N) is 3. The number of furan rings is 1. The molecule has 0 fully saturated rings. The van der Waals surface area contributed by atoms with Gasteiger partial charge in [0.2, 0.25) is 0 Å². The van der Waals surface area contributed by atoms with Crippen LogP contribution in [0.1, 0.15) is 0 Å². The first-order chi connectivity index (χ1) is 26.3. The second kappa shape index (κ2) is 12.9. The summed E-state index contributed by atoms with van der Waals surface area (Å²) >= 11 is 0. The van der Waals surface area contributed by atoms with Gasteiger partial charge in [-0.25, -0.2) is 15.0 Å². The molecule has 0 aliphatic carbocycles. The van der Waals surface area contributed by atoms with E-state index in [4.69, 9.17) is 19.4 Å². The van der Waals surface area contributed by atoms with Crippen molar-refractivity contribution in [3.63, 3.8) is 0 Å². The van der Waals surface area contributed by atoms with Gasteiger partial charge in [0.05, 0.1) is 5.56 Å². The molecule has 0 amide bonds. The third kappa shape index (κ3) is 5.45. The van der Waals surface area contributed by atoms with E-state index in [1.165, 1.54) is 27.5 Å². The van der Waals surface area contributed by atoms with Crippen LogP contribution in [-0.2, 0) is 0 Å². The van der Waals surface area contributed by atoms with Gasteiger partial charge in [-0.05, 0) is 62.4 Å². The van der Waals surface area contributed by atoms with Gasteiger partial charge in [0, 0.05) is 21.9 Å². The predicted molar refractivity (Wildman–Crippen MR) is 217 cm³/mol. The van der Waals surface area contributed by atoms with E-state index in [2.05, 4.69) is 127 Å². The predicted octanol–water partition coefficient (Wildman–Crippen LogP) is 12.9. The first-order valence-corrected chi connectivity index (χ1v) is 17.8. The van der Waals surface area contributed by atoms with E-state index >= 15 is 0 Å². The van der Waals surface area contributed by atoms with Crippen LogP contribution in [0.5, 0.6) is 0 Å². The summed E-state index contributed by atoms with van der Waals surface area (Å²) in [4.78, 5) is 15.3. The van der Waals surface area contributed by atoms with E-state index in [1.54, 1.807) is 0 Å². The van der Waals surface area contributed by atoms with Gasteiger partial charge < -0.3 is 4.42 Å². The van der Waals surface area contributed by atoms with Gasteiger partial charge in [0.25, 0.3) is 0 Å². The van der Waals surface area contributed by atoms with Crippen LogP contribution in [0.25, 0.3) is 100 Å². The van der Waals surface area contributed by atoms with Crippen molar-refractivity contribution in [3.8, 4) is 67.5 Å². The van der Waals surface area contributed by atoms with Crippen LogP contribution in [0.2, 0.25) is 0 Å². The molecule has 2 aromatic heterocycles. The first kappa shape index (κ1) is 30.6. The molecule has 0 saturated heterocycles. The maximum absolute atomic E-state index is 6.43. The molecule has 8 aromatic carbocycles. The summed E-state index contributed by atoms with van der Waals surface area (Å²) in [5.41, 5.74) is 11.2. The molecule has 0 bridgehead atoms. The van der Waals surface area contributed by atoms with Crippen molar-refractivity contribution in [2.24, 2.45) is 0 Å². The van der Waals surface area contributed by atoms with Gasteiger partial charge >= 0.3 is 0 Å². The van der Waals surface area contributed by atoms with Crippen molar-refractivity contribution < 1.29 is 4.42 Å². The molecule has 0 N–H and O–H groups in total. The molecule has 0 saturated carbocycles. The SMILES string of the molecule is c1ccc(-c2nc(-c3cccc(-c4ccccc4-c4c(-c5ccccc5)ccc5ccccc45)c3)nc(-c3cccc4c3oc3ccccc34)n2)cc1. The van der Waals surface area contributed by atoms with Gasteiger partial charge in [0.1, 0.15) is 11.2 Å². The third-order valence-corrected chi connectivity index (χ3v) is 9.95. The average Bonchev–Trinajstić information content (AvgIpc) is 3.63. The standard InChI is InChI=1S/C49H31N3O/c1-3-15-32(16-4-1)39-30-29-33-17-7-8-23-38(33)45(39)41-25-10-9-22-37(41)35-20-13-21-36(31-35)48-50-47(34-18-5-2-6-19-34)51-49(52-48)43-27-14-26-42-40-24-11-12-28-44(40)53-46(42)43/h1-31H. The maximum Gasteiger partial charge on any atom is 0.167 e. The summed E-state index contributed by atoms with van der Waals surface area (Å²) in [6.45, 7) is 0. The fraction of sp³-hybridized carbons (Fsp3) is 0. The molecule has 53 heavy (non-hydrogen) atoms. The highest BCUT2D eigenvalue weighted by molar-refractivity contribution is 6.09. The van der Waals surface area contributed by atoms with Crippen LogP contribution in [0, 0.1) is 0 Å². The minimum Gasteiger partial charge on any atom is -0.455 e. The normalized spacial score (nSPS) is 11.4. The van der Waals surface area contributed by atoms with E-state index in [1.807, 2.05) is 60.7 Å². The zero-order valence-electron chi connectivity index (χ0n) is 28.6. The highest BCUT2D eigenvalue weighted by Gasteiger charge is 2.19. The van der Waals surface area contributed by atoms with E-state index < -0.39 is 0 Å². The molecular weight excluding hydrogens is 647 g/mol. The van der Waals surface area contributed by atoms with Gasteiger partial charge in [-0.1, -0.05) is 170 Å². The summed E-state index contributed by atoms with van der Waals surface area (Å²) in [6, 6.07) is 65.3. The number of aromatic nitrogens is 3. The number of hydrogen-bond donors (Lipinski definition) is 0. The molecule has 0 aliphatic rings. The van der Waals surface area contributed by atoms with Crippen LogP contribution < -0.4 is 0 Å². The molecule has 10 rings (SSSR count). The maximum atomic E-state index is 6.43. The van der Waals surface area contributed by atoms with Crippen LogP contribution in [0.3, 0.4) is 0 Å². The van der Waals surface area contributed by atoms with Gasteiger partial charge in [-0.3, -0.25) is 0 Å². The number of para-hydroxylation sites is 2. The fourth-order valence-corrected chi connectivity index (χ4v) is 7.46. The van der Waals surface area contributed by atoms with Crippen LogP contribution >= 0.6 is 0 Å². The molecule has 0 spiro atoms. The molecule has 0 radical (unpaired) electrons. The van der Waals surface area contributed by atoms with E-state index in [9.17, 15) is 0 Å². The van der Waals surface area contributed by atoms with Crippen molar-refractivity contribution in [2.45, 2.75) is 0 Å². The van der Waals surface area contributed by atoms with Crippen molar-refractivity contribution in [1.29, 1.82) is 0 Å². The highest BCUT2D eigenvalue weighted by Crippen LogP contribution is 2.43. The smallest absolute Gasteiger partial charge is 0.167 e. The molecule has 10 aromatic rings. The molecule has 2 heterocycles. The zero-order chi connectivity index (χ0) is 35.1. The van der Waals surface area contributed by atoms with Gasteiger partial charge in [0.15, 0.2) is 17.5 Å². The summed E-state index contributed by atoms with van der Waals surface area (Å²) in [7, 11) is 0. The molecule has 0 atom stereocenters. The summed E-state index contributed by atoms with van der Waals surface area (Å²) in [5, 5.41) is 4.52. The lowest BCUT2D eigenvalue weighted by Crippen LogP contribution is -2.00. The Hall–Kier alpha value is -7.17. The lowest BCUT2D eigenvalue weighted by atomic mass is 9.86. The lowest BCUT2D eigenvalue weighted by molar-refractivity contribution is 0.669. The van der Waals surface area contributed by atoms with Gasteiger partial charge in [-0.2, -0.15) is 0 Å². The minimum absolute atomic E-state index is 0.563. The van der Waals surface area contributed by atoms with Crippen molar-refractivity contribution in [2.75, 3.05) is 0 Å². The Bertz CT molecular complexity index is 2950. The Kier molecular flexibility index (Phi) is 7.43. The van der Waals surface area contributed by atoms with Crippen molar-refractivity contribution >= 4 is 32.7 Å². The van der Waals surface area contributed by atoms with Crippen LogP contribution in [0.4, 0.5) is 0 Å². The van der Waals surface area contributed by atoms with E-state index in [0.717, 1.165) is 55.3 Å². The quantitative estimate of drug-likeness (QED) is 0.176. The molecule has 0 aliphatic heterocycles. The Labute approximate surface area is 306 Å². The second-order valence-electron chi connectivity index (χ2n) is 13.2. The topological polar surface area (TPSA) is 51.8 Å². The van der Waals surface area contributed by atoms with E-state index in [0.29, 0.717) is 17.5 Å². The monoisotopic (exact) mass is 677 g/mol. The number of benzene rings is 8. The lowest BCUT2D eigenvalue weighted by Gasteiger charge is -2.18. The molecule has 248 valence electrons. The molecule has 4 heteroatoms. The highest BCUT2D eigenvalue weighted by atomic mass is 16.3. The Morgan fingerprint density at radius 2 is 0.887 bits per heavy atom. The summed E-state index contributed by atoms with van der Waals surface area (Å²) < 4.78 is 6.43. The zero-order valence-corrected chi connectivity index (χ0v) is 28.6. The Morgan fingerprint density at radius 3 is 1.72 bits per heavy atom. The third-order valence-electron chi connectivity index (χ3n) is 9.95. The first-order valence-electron chi connectivity index (χ1n) is 17.8. The van der Waals surface area contributed by atoms with Gasteiger partial charge in [-0.15, -0.1) is 0 Å². The van der Waals surface area contributed by atoms with E-state index in [-0.39, 0.29) is 0 Å². The average molecular weight is 678 g/mol. The van der Waals surface area contributed by atoms with Crippen LogP contribution in [0.15, 0.2) is 192 Å². The largest absolute Gasteiger partial charge is 0.455 e.